The van der Waals surface area contributed by atoms with Crippen molar-refractivity contribution in [1.29, 1.82) is 0 Å². The van der Waals surface area contributed by atoms with E-state index >= 15 is 0 Å². The first kappa shape index (κ1) is 19.4. The van der Waals surface area contributed by atoms with Gasteiger partial charge in [0.25, 0.3) is 5.89 Å². The minimum Gasteiger partial charge on any atom is -0.497 e. The molecule has 2 heterocycles. The molecule has 0 saturated carbocycles. The molecular weight excluding hydrogens is 380 g/mol. The third kappa shape index (κ3) is 3.57. The van der Waals surface area contributed by atoms with Crippen LogP contribution >= 0.6 is 0 Å². The quantitative estimate of drug-likeness (QED) is 0.617. The van der Waals surface area contributed by atoms with Crippen LogP contribution in [0.2, 0.25) is 0 Å². The number of urea groups is 1. The summed E-state index contributed by atoms with van der Waals surface area (Å²) in [6, 6.07) is 16.6. The summed E-state index contributed by atoms with van der Waals surface area (Å²) in [5.74, 6) is 1.58. The largest absolute Gasteiger partial charge is 0.497 e. The number of hydrogen-bond acceptors (Lipinski definition) is 5. The highest BCUT2D eigenvalue weighted by molar-refractivity contribution is 5.87. The number of carbonyl (C=O) groups is 1. The maximum absolute atomic E-state index is 12.7. The zero-order valence-electron chi connectivity index (χ0n) is 16.8. The fraction of sp³-hybridized carbons (Fsp3) is 0.174. The first-order chi connectivity index (χ1) is 14.6. The van der Waals surface area contributed by atoms with Gasteiger partial charge in [-0.3, -0.25) is 4.90 Å². The van der Waals surface area contributed by atoms with E-state index in [2.05, 4.69) is 22.0 Å². The van der Waals surface area contributed by atoms with Crippen LogP contribution in [0.15, 0.2) is 77.5 Å². The molecule has 1 atom stereocenters. The van der Waals surface area contributed by atoms with Crippen LogP contribution in [-0.4, -0.2) is 34.7 Å². The summed E-state index contributed by atoms with van der Waals surface area (Å²) in [6.45, 7) is 6.01. The van der Waals surface area contributed by atoms with E-state index in [1.54, 1.807) is 18.1 Å². The van der Waals surface area contributed by atoms with Crippen molar-refractivity contribution < 1.29 is 14.1 Å². The van der Waals surface area contributed by atoms with Gasteiger partial charge in [-0.2, -0.15) is 4.98 Å². The van der Waals surface area contributed by atoms with Gasteiger partial charge in [-0.25, -0.2) is 4.79 Å². The van der Waals surface area contributed by atoms with E-state index in [0.29, 0.717) is 18.3 Å². The highest BCUT2D eigenvalue weighted by Crippen LogP contribution is 2.37. The maximum Gasteiger partial charge on any atom is 0.322 e. The molecule has 0 saturated heterocycles. The lowest BCUT2D eigenvalue weighted by molar-refractivity contribution is 0.209. The molecule has 1 aromatic heterocycles. The van der Waals surface area contributed by atoms with Crippen LogP contribution in [-0.2, 0) is 0 Å². The minimum atomic E-state index is -0.399. The van der Waals surface area contributed by atoms with Crippen molar-refractivity contribution in [2.45, 2.75) is 13.0 Å². The molecule has 2 aromatic carbocycles. The van der Waals surface area contributed by atoms with Crippen molar-refractivity contribution in [2.24, 2.45) is 0 Å². The molecule has 4 rings (SSSR count). The Kier molecular flexibility index (Phi) is 5.34. The number of carbonyl (C=O) groups excluding carboxylic acids is 1. The van der Waals surface area contributed by atoms with Crippen LogP contribution in [0.3, 0.4) is 0 Å². The normalized spacial score (nSPS) is 16.4. The van der Waals surface area contributed by atoms with Crippen molar-refractivity contribution in [3.8, 4) is 17.1 Å². The summed E-state index contributed by atoms with van der Waals surface area (Å²) in [7, 11) is 1.62. The smallest absolute Gasteiger partial charge is 0.322 e. The molecule has 0 fully saturated rings. The molecule has 1 N–H and O–H groups in total. The molecule has 152 valence electrons. The molecule has 0 radical (unpaired) electrons. The van der Waals surface area contributed by atoms with E-state index in [1.165, 1.54) is 0 Å². The number of methoxy groups -OCH3 is 1. The number of nitrogens with zero attached hydrogens (tertiary/aromatic N) is 3. The van der Waals surface area contributed by atoms with Crippen LogP contribution < -0.4 is 10.1 Å². The average molecular weight is 402 g/mol. The minimum absolute atomic E-state index is 0.195. The second-order valence-corrected chi connectivity index (χ2v) is 6.84. The van der Waals surface area contributed by atoms with Gasteiger partial charge in [0.05, 0.1) is 18.7 Å². The Balaban J connectivity index is 1.78. The zero-order chi connectivity index (χ0) is 21.1. The lowest BCUT2D eigenvalue weighted by Crippen LogP contribution is -2.46. The second-order valence-electron chi connectivity index (χ2n) is 6.84. The topological polar surface area (TPSA) is 80.5 Å². The van der Waals surface area contributed by atoms with E-state index in [9.17, 15) is 4.79 Å². The van der Waals surface area contributed by atoms with Gasteiger partial charge >= 0.3 is 6.03 Å². The highest BCUT2D eigenvalue weighted by atomic mass is 16.5. The predicted molar refractivity (Wildman–Crippen MR) is 113 cm³/mol. The predicted octanol–water partition coefficient (Wildman–Crippen LogP) is 4.43. The molecule has 30 heavy (non-hydrogen) atoms. The molecular formula is C23H22N4O3. The second kappa shape index (κ2) is 8.24. The van der Waals surface area contributed by atoms with Gasteiger partial charge in [0.1, 0.15) is 5.75 Å². The zero-order valence-corrected chi connectivity index (χ0v) is 16.8. The molecule has 0 aliphatic carbocycles. The third-order valence-electron chi connectivity index (χ3n) is 5.05. The summed E-state index contributed by atoms with van der Waals surface area (Å²) in [4.78, 5) is 18.9. The first-order valence-corrected chi connectivity index (χ1v) is 9.55. The van der Waals surface area contributed by atoms with Crippen LogP contribution in [0, 0.1) is 0 Å². The maximum atomic E-state index is 12.7. The number of rotatable bonds is 6. The Hall–Kier alpha value is -3.87. The third-order valence-corrected chi connectivity index (χ3v) is 5.05. The molecule has 0 spiro atoms. The fourth-order valence-corrected chi connectivity index (χ4v) is 3.49. The van der Waals surface area contributed by atoms with E-state index in [-0.39, 0.29) is 6.03 Å². The van der Waals surface area contributed by atoms with Gasteiger partial charge in [0.2, 0.25) is 5.82 Å². The number of hydrogen-bond donors (Lipinski definition) is 1. The van der Waals surface area contributed by atoms with Crippen LogP contribution in [0.25, 0.3) is 17.0 Å². The summed E-state index contributed by atoms with van der Waals surface area (Å²) in [5.41, 5.74) is 3.25. The molecule has 1 unspecified atom stereocenters. The van der Waals surface area contributed by atoms with Crippen molar-refractivity contribution in [1.82, 2.24) is 20.4 Å². The molecule has 1 aliphatic rings. The van der Waals surface area contributed by atoms with Gasteiger partial charge in [-0.05, 0) is 36.8 Å². The number of aromatic nitrogens is 2. The van der Waals surface area contributed by atoms with Gasteiger partial charge in [-0.15, -0.1) is 6.58 Å². The van der Waals surface area contributed by atoms with Gasteiger partial charge in [0.15, 0.2) is 0 Å². The Labute approximate surface area is 174 Å². The Bertz CT molecular complexity index is 1090. The monoisotopic (exact) mass is 402 g/mol. The van der Waals surface area contributed by atoms with Crippen LogP contribution in [0.4, 0.5) is 4.79 Å². The van der Waals surface area contributed by atoms with Gasteiger partial charge < -0.3 is 14.6 Å². The van der Waals surface area contributed by atoms with Gasteiger partial charge in [-0.1, -0.05) is 41.6 Å². The Morgan fingerprint density at radius 2 is 1.93 bits per heavy atom. The fourth-order valence-electron chi connectivity index (χ4n) is 3.49. The Morgan fingerprint density at radius 3 is 2.60 bits per heavy atom. The molecule has 7 heteroatoms. The lowest BCUT2D eigenvalue weighted by atomic mass is 9.95. The molecule has 1 aliphatic heterocycles. The lowest BCUT2D eigenvalue weighted by Gasteiger charge is -2.34. The number of amides is 2. The molecule has 0 bridgehead atoms. The van der Waals surface area contributed by atoms with E-state index < -0.39 is 6.04 Å². The summed E-state index contributed by atoms with van der Waals surface area (Å²) >= 11 is 0. The highest BCUT2D eigenvalue weighted by Gasteiger charge is 2.35. The number of benzene rings is 2. The summed E-state index contributed by atoms with van der Waals surface area (Å²) in [6.07, 6.45) is 1.68. The number of nitrogens with one attached hydrogen (secondary N) is 1. The molecule has 3 aromatic rings. The van der Waals surface area contributed by atoms with E-state index in [1.807, 2.05) is 61.5 Å². The Morgan fingerprint density at radius 1 is 1.20 bits per heavy atom. The van der Waals surface area contributed by atoms with E-state index in [0.717, 1.165) is 28.1 Å². The van der Waals surface area contributed by atoms with Crippen LogP contribution in [0.5, 0.6) is 5.75 Å². The standard InChI is InChI=1S/C23H22N4O3/c1-4-14-27-15(2)19(20(24-23(27)28)16-8-6-5-7-9-16)22-25-21(26-30-22)17-10-12-18(29-3)13-11-17/h4-13,20H,1,14H2,2-3H3,(H,24,28). The van der Waals surface area contributed by atoms with Crippen LogP contribution in [0.1, 0.15) is 24.4 Å². The van der Waals surface area contributed by atoms with Crippen molar-refractivity contribution in [3.05, 3.63) is 84.4 Å². The van der Waals surface area contributed by atoms with Crippen molar-refractivity contribution in [2.75, 3.05) is 13.7 Å². The van der Waals surface area contributed by atoms with Crippen molar-refractivity contribution in [3.63, 3.8) is 0 Å². The molecule has 7 nitrogen and oxygen atoms in total. The summed E-state index contributed by atoms with van der Waals surface area (Å²) in [5, 5.41) is 7.20. The first-order valence-electron chi connectivity index (χ1n) is 9.55. The van der Waals surface area contributed by atoms with E-state index in [4.69, 9.17) is 9.26 Å². The molecule has 2 amide bonds. The van der Waals surface area contributed by atoms with Crippen molar-refractivity contribution >= 4 is 11.6 Å². The number of ether oxygens (including phenoxy) is 1. The average Bonchev–Trinajstić information content (AvgIpc) is 3.26. The number of allylic oxidation sites excluding steroid dienone is 1. The SMILES string of the molecule is C=CCN1C(=O)NC(c2ccccc2)C(c2nc(-c3ccc(OC)cc3)no2)=C1C. The summed E-state index contributed by atoms with van der Waals surface area (Å²) < 4.78 is 10.8. The van der Waals surface area contributed by atoms with Gasteiger partial charge in [0, 0.05) is 17.8 Å².